The van der Waals surface area contributed by atoms with E-state index in [0.29, 0.717) is 17.8 Å². The van der Waals surface area contributed by atoms with Crippen LogP contribution in [0.15, 0.2) is 60.8 Å². The van der Waals surface area contributed by atoms with Gasteiger partial charge in [0.25, 0.3) is 0 Å². The lowest BCUT2D eigenvalue weighted by molar-refractivity contribution is -0.128. The van der Waals surface area contributed by atoms with Crippen LogP contribution >= 0.6 is 0 Å². The monoisotopic (exact) mass is 360 g/mol. The van der Waals surface area contributed by atoms with E-state index in [9.17, 15) is 9.59 Å². The summed E-state index contributed by atoms with van der Waals surface area (Å²) in [6, 6.07) is 14.8. The molecule has 1 N–H and O–H groups in total. The van der Waals surface area contributed by atoms with E-state index in [1.165, 1.54) is 6.08 Å². The van der Waals surface area contributed by atoms with Gasteiger partial charge in [-0.15, -0.1) is 0 Å². The number of carbonyl (C=O) groups is 2. The molecule has 3 aromatic rings. The first-order valence-corrected chi connectivity index (χ1v) is 8.51. The number of amides is 2. The molecule has 0 saturated heterocycles. The van der Waals surface area contributed by atoms with Gasteiger partial charge in [0, 0.05) is 25.9 Å². The SMILES string of the molecule is CN(C)C(=O)Cc1ccc(NC(=O)C=Cc2cnc3ccccc3n2)cc1. The van der Waals surface area contributed by atoms with Crippen molar-refractivity contribution >= 4 is 34.6 Å². The van der Waals surface area contributed by atoms with Crippen LogP contribution in [-0.4, -0.2) is 40.8 Å². The zero-order valence-electron chi connectivity index (χ0n) is 15.2. The average Bonchev–Trinajstić information content (AvgIpc) is 2.67. The van der Waals surface area contributed by atoms with Crippen molar-refractivity contribution in [3.63, 3.8) is 0 Å². The highest BCUT2D eigenvalue weighted by atomic mass is 16.2. The predicted molar refractivity (Wildman–Crippen MR) is 106 cm³/mol. The van der Waals surface area contributed by atoms with Crippen molar-refractivity contribution in [3.05, 3.63) is 72.1 Å². The summed E-state index contributed by atoms with van der Waals surface area (Å²) in [6.45, 7) is 0. The molecule has 0 saturated carbocycles. The van der Waals surface area contributed by atoms with E-state index in [1.807, 2.05) is 36.4 Å². The van der Waals surface area contributed by atoms with Gasteiger partial charge in [-0.3, -0.25) is 14.6 Å². The zero-order valence-corrected chi connectivity index (χ0v) is 15.2. The normalized spacial score (nSPS) is 10.9. The Kier molecular flexibility index (Phi) is 5.56. The van der Waals surface area contributed by atoms with Crippen molar-refractivity contribution in [2.24, 2.45) is 0 Å². The van der Waals surface area contributed by atoms with Crippen molar-refractivity contribution in [1.82, 2.24) is 14.9 Å². The van der Waals surface area contributed by atoms with E-state index < -0.39 is 0 Å². The molecular formula is C21H20N4O2. The molecule has 27 heavy (non-hydrogen) atoms. The van der Waals surface area contributed by atoms with Crippen LogP contribution in [0, 0.1) is 0 Å². The van der Waals surface area contributed by atoms with Gasteiger partial charge in [-0.05, 0) is 35.9 Å². The molecule has 0 atom stereocenters. The number of para-hydroxylation sites is 2. The maximum atomic E-state index is 12.1. The predicted octanol–water partition coefficient (Wildman–Crippen LogP) is 2.91. The van der Waals surface area contributed by atoms with Crippen LogP contribution in [0.1, 0.15) is 11.3 Å². The Hall–Kier alpha value is -3.54. The molecule has 0 unspecified atom stereocenters. The molecular weight excluding hydrogens is 340 g/mol. The third-order valence-electron chi connectivity index (χ3n) is 3.95. The molecule has 2 amide bonds. The minimum absolute atomic E-state index is 0.0335. The average molecular weight is 360 g/mol. The first-order valence-electron chi connectivity index (χ1n) is 8.51. The number of carbonyl (C=O) groups excluding carboxylic acids is 2. The summed E-state index contributed by atoms with van der Waals surface area (Å²) in [4.78, 5) is 34.1. The minimum Gasteiger partial charge on any atom is -0.349 e. The molecule has 0 spiro atoms. The summed E-state index contributed by atoms with van der Waals surface area (Å²) in [7, 11) is 3.45. The number of nitrogens with one attached hydrogen (secondary N) is 1. The number of fused-ring (bicyclic) bond motifs is 1. The fourth-order valence-electron chi connectivity index (χ4n) is 2.44. The number of hydrogen-bond acceptors (Lipinski definition) is 4. The summed E-state index contributed by atoms with van der Waals surface area (Å²) >= 11 is 0. The Morgan fingerprint density at radius 3 is 2.44 bits per heavy atom. The quantitative estimate of drug-likeness (QED) is 0.710. The lowest BCUT2D eigenvalue weighted by Crippen LogP contribution is -2.23. The number of hydrogen-bond donors (Lipinski definition) is 1. The largest absolute Gasteiger partial charge is 0.349 e. The van der Waals surface area contributed by atoms with Crippen molar-refractivity contribution in [2.45, 2.75) is 6.42 Å². The van der Waals surface area contributed by atoms with Crippen LogP contribution in [-0.2, 0) is 16.0 Å². The molecule has 0 fully saturated rings. The van der Waals surface area contributed by atoms with E-state index in [1.54, 1.807) is 43.4 Å². The zero-order chi connectivity index (χ0) is 19.2. The Morgan fingerprint density at radius 2 is 1.74 bits per heavy atom. The maximum Gasteiger partial charge on any atom is 0.248 e. The first kappa shape index (κ1) is 18.3. The van der Waals surface area contributed by atoms with E-state index in [-0.39, 0.29) is 11.8 Å². The molecule has 0 aliphatic carbocycles. The third-order valence-corrected chi connectivity index (χ3v) is 3.95. The smallest absolute Gasteiger partial charge is 0.248 e. The fourth-order valence-corrected chi connectivity index (χ4v) is 2.44. The summed E-state index contributed by atoms with van der Waals surface area (Å²) in [5, 5.41) is 2.78. The van der Waals surface area contributed by atoms with Crippen molar-refractivity contribution in [3.8, 4) is 0 Å². The Balaban J connectivity index is 1.61. The number of anilines is 1. The highest BCUT2D eigenvalue weighted by molar-refractivity contribution is 6.01. The molecule has 6 nitrogen and oxygen atoms in total. The molecule has 0 aliphatic rings. The second kappa shape index (κ2) is 8.23. The van der Waals surface area contributed by atoms with E-state index in [2.05, 4.69) is 15.3 Å². The van der Waals surface area contributed by atoms with Gasteiger partial charge >= 0.3 is 0 Å². The lowest BCUT2D eigenvalue weighted by Gasteiger charge is -2.10. The maximum absolute atomic E-state index is 12.1. The van der Waals surface area contributed by atoms with Gasteiger partial charge < -0.3 is 10.2 Å². The first-order chi connectivity index (χ1) is 13.0. The van der Waals surface area contributed by atoms with Gasteiger partial charge in [0.15, 0.2) is 0 Å². The number of aromatic nitrogens is 2. The number of likely N-dealkylation sites (N-methyl/N-ethyl adjacent to an activating group) is 1. The van der Waals surface area contributed by atoms with Gasteiger partial charge in [0.2, 0.25) is 11.8 Å². The molecule has 3 rings (SSSR count). The van der Waals surface area contributed by atoms with E-state index in [0.717, 1.165) is 16.6 Å². The van der Waals surface area contributed by atoms with Gasteiger partial charge in [0.05, 0.1) is 29.3 Å². The molecule has 6 heteroatoms. The summed E-state index contributed by atoms with van der Waals surface area (Å²) < 4.78 is 0. The fraction of sp³-hybridized carbons (Fsp3) is 0.143. The Labute approximate surface area is 157 Å². The van der Waals surface area contributed by atoms with Crippen LogP contribution in [0.5, 0.6) is 0 Å². The van der Waals surface area contributed by atoms with Crippen LogP contribution in [0.4, 0.5) is 5.69 Å². The van der Waals surface area contributed by atoms with Crippen LogP contribution < -0.4 is 5.32 Å². The topological polar surface area (TPSA) is 75.2 Å². The molecule has 0 bridgehead atoms. The molecule has 2 aromatic carbocycles. The Bertz CT molecular complexity index is 994. The second-order valence-corrected chi connectivity index (χ2v) is 6.27. The molecule has 1 aromatic heterocycles. The molecule has 1 heterocycles. The van der Waals surface area contributed by atoms with Crippen molar-refractivity contribution in [1.29, 1.82) is 0 Å². The lowest BCUT2D eigenvalue weighted by atomic mass is 10.1. The summed E-state index contributed by atoms with van der Waals surface area (Å²) in [5.41, 5.74) is 3.76. The van der Waals surface area contributed by atoms with Gasteiger partial charge in [-0.25, -0.2) is 4.98 Å². The van der Waals surface area contributed by atoms with Crippen LogP contribution in [0.25, 0.3) is 17.1 Å². The van der Waals surface area contributed by atoms with Gasteiger partial charge in [0.1, 0.15) is 0 Å². The molecule has 0 aliphatic heterocycles. The Morgan fingerprint density at radius 1 is 1.04 bits per heavy atom. The van der Waals surface area contributed by atoms with Gasteiger partial charge in [-0.2, -0.15) is 0 Å². The minimum atomic E-state index is -0.262. The number of nitrogens with zero attached hydrogens (tertiary/aromatic N) is 3. The van der Waals surface area contributed by atoms with E-state index >= 15 is 0 Å². The molecule has 136 valence electrons. The number of benzene rings is 2. The van der Waals surface area contributed by atoms with Crippen LogP contribution in [0.3, 0.4) is 0 Å². The van der Waals surface area contributed by atoms with Crippen molar-refractivity contribution in [2.75, 3.05) is 19.4 Å². The number of rotatable bonds is 5. The van der Waals surface area contributed by atoms with Crippen molar-refractivity contribution < 1.29 is 9.59 Å². The second-order valence-electron chi connectivity index (χ2n) is 6.27. The highest BCUT2D eigenvalue weighted by Gasteiger charge is 2.06. The van der Waals surface area contributed by atoms with Gasteiger partial charge in [-0.1, -0.05) is 24.3 Å². The highest BCUT2D eigenvalue weighted by Crippen LogP contribution is 2.12. The van der Waals surface area contributed by atoms with E-state index in [4.69, 9.17) is 0 Å². The van der Waals surface area contributed by atoms with Crippen LogP contribution in [0.2, 0.25) is 0 Å². The third kappa shape index (κ3) is 4.98. The summed E-state index contributed by atoms with van der Waals surface area (Å²) in [5.74, 6) is -0.228. The molecule has 0 radical (unpaired) electrons. The standard InChI is InChI=1S/C21H20N4O2/c1-25(2)21(27)13-15-7-9-16(10-8-15)24-20(26)12-11-17-14-22-18-5-3-4-6-19(18)23-17/h3-12,14H,13H2,1-2H3,(H,24,26). The summed E-state index contributed by atoms with van der Waals surface area (Å²) in [6.07, 6.45) is 5.01.